The van der Waals surface area contributed by atoms with Crippen LogP contribution in [0.2, 0.25) is 0 Å². The van der Waals surface area contributed by atoms with Gasteiger partial charge in [-0.1, -0.05) is 39.3 Å². The number of hydrogen-bond acceptors (Lipinski definition) is 9. The number of pyridine rings is 1. The Bertz CT molecular complexity index is 1580. The fourth-order valence-electron chi connectivity index (χ4n) is 6.05. The van der Waals surface area contributed by atoms with E-state index in [0.29, 0.717) is 62.2 Å². The highest BCUT2D eigenvalue weighted by Crippen LogP contribution is 2.50. The number of carbonyl (C=O) groups excluding carboxylic acids is 3. The molecule has 2 aliphatic rings. The number of Topliss-reactive ketones (excluding diaryl/α,β-unsaturated/α-hetero) is 1. The first-order valence-corrected chi connectivity index (χ1v) is 15.1. The summed E-state index contributed by atoms with van der Waals surface area (Å²) in [6.07, 6.45) is 6.11. The van der Waals surface area contributed by atoms with Gasteiger partial charge in [0, 0.05) is 46.5 Å². The van der Waals surface area contributed by atoms with E-state index in [1.165, 1.54) is 17.4 Å². The first-order chi connectivity index (χ1) is 20.0. The van der Waals surface area contributed by atoms with E-state index in [2.05, 4.69) is 22.2 Å². The van der Waals surface area contributed by atoms with Crippen LogP contribution in [0.3, 0.4) is 0 Å². The summed E-state index contributed by atoms with van der Waals surface area (Å²) in [5.74, 6) is -0.315. The van der Waals surface area contributed by atoms with E-state index in [1.807, 2.05) is 20.8 Å². The number of ketones is 1. The Balaban J connectivity index is 1.57. The predicted molar refractivity (Wildman–Crippen MR) is 164 cm³/mol. The third kappa shape index (κ3) is 5.05. The Morgan fingerprint density at radius 3 is 2.55 bits per heavy atom. The molecule has 222 valence electrons. The number of nitrogens with two attached hydrogens (primary N) is 3. The van der Waals surface area contributed by atoms with E-state index < -0.39 is 17.4 Å². The highest BCUT2D eigenvalue weighted by molar-refractivity contribution is 7.21. The first-order valence-electron chi connectivity index (χ1n) is 14.2. The van der Waals surface area contributed by atoms with E-state index in [4.69, 9.17) is 21.9 Å². The summed E-state index contributed by atoms with van der Waals surface area (Å²) < 4.78 is 6.43. The molecule has 0 aliphatic heterocycles. The van der Waals surface area contributed by atoms with Crippen LogP contribution in [0.1, 0.15) is 77.5 Å². The molecule has 0 saturated heterocycles. The molecule has 8 N–H and O–H groups in total. The number of nitrogen functional groups attached to an aromatic ring is 1. The second-order valence-electron chi connectivity index (χ2n) is 11.6. The smallest absolute Gasteiger partial charge is 0.262 e. The molecule has 2 heterocycles. The molecule has 3 aromatic rings. The predicted octanol–water partition coefficient (Wildman–Crippen LogP) is 3.35. The molecular formula is C31H38N6O4S. The molecule has 2 aromatic heterocycles. The van der Waals surface area contributed by atoms with Gasteiger partial charge < -0.3 is 32.6 Å². The van der Waals surface area contributed by atoms with Crippen molar-refractivity contribution in [1.29, 1.82) is 0 Å². The van der Waals surface area contributed by atoms with Crippen molar-refractivity contribution in [2.45, 2.75) is 70.1 Å². The SMILES string of the molecule is C=CC(=O)N[C@H]1CCCC[C@H]1NC(=O)c1sc2c(N)ccc3c2c1C(N)C(=O)C3(N)c1cnc(OCC(C)C)cc1C. The second kappa shape index (κ2) is 11.5. The van der Waals surface area contributed by atoms with Crippen molar-refractivity contribution in [3.63, 3.8) is 0 Å². The van der Waals surface area contributed by atoms with E-state index in [9.17, 15) is 14.4 Å². The van der Waals surface area contributed by atoms with Crippen LogP contribution in [0.4, 0.5) is 5.69 Å². The highest BCUT2D eigenvalue weighted by Gasteiger charge is 2.49. The van der Waals surface area contributed by atoms with Gasteiger partial charge in [-0.3, -0.25) is 14.4 Å². The zero-order valence-electron chi connectivity index (χ0n) is 24.2. The average molecular weight is 591 g/mol. The zero-order chi connectivity index (χ0) is 30.3. The number of thiophene rings is 1. The van der Waals surface area contributed by atoms with Crippen LogP contribution in [0.25, 0.3) is 10.1 Å². The number of benzene rings is 1. The molecule has 1 fully saturated rings. The number of aromatic nitrogens is 1. The Kier molecular flexibility index (Phi) is 8.10. The van der Waals surface area contributed by atoms with Crippen LogP contribution in [-0.2, 0) is 15.1 Å². The zero-order valence-corrected chi connectivity index (χ0v) is 25.0. The summed E-state index contributed by atoms with van der Waals surface area (Å²) in [7, 11) is 0. The van der Waals surface area contributed by atoms with E-state index >= 15 is 0 Å². The lowest BCUT2D eigenvalue weighted by atomic mass is 9.70. The van der Waals surface area contributed by atoms with Crippen LogP contribution < -0.4 is 32.6 Å². The van der Waals surface area contributed by atoms with Crippen molar-refractivity contribution in [2.75, 3.05) is 12.3 Å². The fourth-order valence-corrected chi connectivity index (χ4v) is 7.26. The second-order valence-corrected chi connectivity index (χ2v) is 12.6. The minimum Gasteiger partial charge on any atom is -0.477 e. The van der Waals surface area contributed by atoms with Crippen molar-refractivity contribution in [1.82, 2.24) is 15.6 Å². The molecule has 2 unspecified atom stereocenters. The van der Waals surface area contributed by atoms with Gasteiger partial charge in [-0.15, -0.1) is 11.3 Å². The average Bonchev–Trinajstić information content (AvgIpc) is 3.37. The van der Waals surface area contributed by atoms with E-state index in [-0.39, 0.29) is 23.9 Å². The van der Waals surface area contributed by atoms with Gasteiger partial charge in [0.15, 0.2) is 5.78 Å². The molecule has 0 bridgehead atoms. The van der Waals surface area contributed by atoms with Crippen LogP contribution in [0.15, 0.2) is 37.1 Å². The molecular weight excluding hydrogens is 552 g/mol. The number of nitrogens with one attached hydrogen (secondary N) is 2. The van der Waals surface area contributed by atoms with Crippen molar-refractivity contribution in [3.8, 4) is 5.88 Å². The van der Waals surface area contributed by atoms with Gasteiger partial charge in [0.25, 0.3) is 5.91 Å². The van der Waals surface area contributed by atoms with Crippen LogP contribution >= 0.6 is 11.3 Å². The minimum absolute atomic E-state index is 0.227. The number of carbonyl (C=O) groups is 3. The number of rotatable bonds is 8. The number of aryl methyl sites for hydroxylation is 1. The van der Waals surface area contributed by atoms with Gasteiger partial charge in [-0.25, -0.2) is 4.98 Å². The maximum absolute atomic E-state index is 14.1. The van der Waals surface area contributed by atoms with Gasteiger partial charge in [-0.05, 0) is 49.0 Å². The van der Waals surface area contributed by atoms with Crippen molar-refractivity contribution < 1.29 is 19.1 Å². The first kappa shape index (κ1) is 29.7. The molecule has 5 rings (SSSR count). The van der Waals surface area contributed by atoms with Gasteiger partial charge in [-0.2, -0.15) is 0 Å². The largest absolute Gasteiger partial charge is 0.477 e. The lowest BCUT2D eigenvalue weighted by molar-refractivity contribution is -0.124. The van der Waals surface area contributed by atoms with Crippen molar-refractivity contribution in [3.05, 3.63) is 64.2 Å². The summed E-state index contributed by atoms with van der Waals surface area (Å²) in [6, 6.07) is 3.54. The molecule has 4 atom stereocenters. The van der Waals surface area contributed by atoms with E-state index in [0.717, 1.165) is 24.8 Å². The minimum atomic E-state index is -1.61. The molecule has 11 heteroatoms. The number of amides is 2. The molecule has 1 saturated carbocycles. The van der Waals surface area contributed by atoms with Crippen molar-refractivity contribution >= 4 is 44.7 Å². The molecule has 42 heavy (non-hydrogen) atoms. The Hall–Kier alpha value is -3.80. The number of hydrogen-bond donors (Lipinski definition) is 5. The molecule has 2 amide bonds. The molecule has 1 aromatic carbocycles. The fraction of sp³-hybridized carbons (Fsp3) is 0.419. The summed E-state index contributed by atoms with van der Waals surface area (Å²) >= 11 is 1.20. The van der Waals surface area contributed by atoms with Crippen molar-refractivity contribution in [2.24, 2.45) is 17.4 Å². The topological polar surface area (TPSA) is 175 Å². The third-order valence-electron chi connectivity index (χ3n) is 8.19. The lowest BCUT2D eigenvalue weighted by Crippen LogP contribution is -2.54. The van der Waals surface area contributed by atoms with Gasteiger partial charge in [0.1, 0.15) is 5.54 Å². The normalized spacial score (nSPS) is 23.6. The van der Waals surface area contributed by atoms with Crippen LogP contribution in [0.5, 0.6) is 5.88 Å². The Labute approximate surface area is 249 Å². The standard InChI is InChI=1S/C31H38N6O4S/c1-5-22(38)36-20-8-6-7-9-21(20)37-30(40)28-25-24-17(10-11-19(32)27(24)42-28)31(34,29(39)26(25)33)18-13-35-23(12-16(18)4)41-14-15(2)3/h5,10-13,15,20-21,26H,1,6-9,14,32-34H2,2-4H3,(H,36,38)(H,37,40)/t20-,21+,26?,31?/m0/s1. The lowest BCUT2D eigenvalue weighted by Gasteiger charge is -2.37. The quantitative estimate of drug-likeness (QED) is 0.196. The summed E-state index contributed by atoms with van der Waals surface area (Å²) in [4.78, 5) is 44.7. The van der Waals surface area contributed by atoms with Crippen LogP contribution in [0, 0.1) is 12.8 Å². The number of nitrogens with zero attached hydrogens (tertiary/aromatic N) is 1. The summed E-state index contributed by atoms with van der Waals surface area (Å²) in [5.41, 5.74) is 21.1. The Morgan fingerprint density at radius 1 is 1.21 bits per heavy atom. The molecule has 0 radical (unpaired) electrons. The highest BCUT2D eigenvalue weighted by atomic mass is 32.1. The molecule has 2 aliphatic carbocycles. The monoisotopic (exact) mass is 590 g/mol. The maximum atomic E-state index is 14.1. The summed E-state index contributed by atoms with van der Waals surface area (Å²) in [6.45, 7) is 9.98. The third-order valence-corrected chi connectivity index (χ3v) is 9.44. The van der Waals surface area contributed by atoms with Gasteiger partial charge in [0.2, 0.25) is 11.8 Å². The summed E-state index contributed by atoms with van der Waals surface area (Å²) in [5, 5.41) is 6.65. The number of ether oxygens (including phenoxy) is 1. The number of anilines is 1. The molecule has 10 nitrogen and oxygen atoms in total. The maximum Gasteiger partial charge on any atom is 0.262 e. The van der Waals surface area contributed by atoms with Gasteiger partial charge in [0.05, 0.1) is 22.2 Å². The molecule has 0 spiro atoms. The Morgan fingerprint density at radius 2 is 1.90 bits per heavy atom. The van der Waals surface area contributed by atoms with Gasteiger partial charge >= 0.3 is 0 Å². The van der Waals surface area contributed by atoms with Crippen LogP contribution in [-0.4, -0.2) is 41.3 Å². The van der Waals surface area contributed by atoms with E-state index in [1.54, 1.807) is 24.4 Å².